The first-order valence-corrected chi connectivity index (χ1v) is 10.8. The van der Waals surface area contributed by atoms with Gasteiger partial charge in [0.15, 0.2) is 0 Å². The summed E-state index contributed by atoms with van der Waals surface area (Å²) in [5.74, 6) is 0.264. The second-order valence-corrected chi connectivity index (χ2v) is 8.88. The lowest BCUT2D eigenvalue weighted by atomic mass is 9.89. The number of aryl methyl sites for hydroxylation is 1. The van der Waals surface area contributed by atoms with Crippen LogP contribution in [0.15, 0.2) is 46.7 Å². The molecule has 2 N–H and O–H groups in total. The maximum Gasteiger partial charge on any atom is 0.262 e. The van der Waals surface area contributed by atoms with Crippen LogP contribution in [-0.2, 0) is 24.2 Å². The van der Waals surface area contributed by atoms with Gasteiger partial charge >= 0.3 is 0 Å². The number of para-hydroxylation sites is 1. The number of amides is 1. The number of rotatable bonds is 4. The summed E-state index contributed by atoms with van der Waals surface area (Å²) in [5, 5.41) is 5.75. The number of carbonyl (C=O) groups excluding carboxylic acids is 1. The molecule has 1 unspecified atom stereocenters. The number of hydrogen-bond donors (Lipinski definition) is 2. The number of H-pyrrole nitrogens is 1. The van der Waals surface area contributed by atoms with Gasteiger partial charge in [-0.3, -0.25) is 14.2 Å². The van der Waals surface area contributed by atoms with Gasteiger partial charge in [0.2, 0.25) is 0 Å². The number of hydrazone groups is 1. The topological polar surface area (TPSA) is 92.1 Å². The Bertz CT molecular complexity index is 1350. The third-order valence-corrected chi connectivity index (χ3v) is 6.77. The van der Waals surface area contributed by atoms with Crippen LogP contribution < -0.4 is 11.0 Å². The molecule has 8 heteroatoms. The number of aromatic amines is 1. The van der Waals surface area contributed by atoms with Crippen molar-refractivity contribution < 1.29 is 4.79 Å². The third kappa shape index (κ3) is 3.33. The number of hydrogen-bond acceptors (Lipinski definition) is 5. The van der Waals surface area contributed by atoms with Crippen molar-refractivity contribution in [1.82, 2.24) is 20.0 Å². The van der Waals surface area contributed by atoms with Crippen LogP contribution in [-0.4, -0.2) is 26.7 Å². The highest BCUT2D eigenvalue weighted by molar-refractivity contribution is 7.18. The van der Waals surface area contributed by atoms with E-state index in [1.54, 1.807) is 17.6 Å². The zero-order valence-electron chi connectivity index (χ0n) is 16.5. The molecule has 1 aliphatic rings. The molecular weight excluding hydrogens is 398 g/mol. The first kappa shape index (κ1) is 18.7. The molecule has 1 aromatic carbocycles. The molecule has 1 atom stereocenters. The Morgan fingerprint density at radius 3 is 3.20 bits per heavy atom. The Morgan fingerprint density at radius 2 is 2.30 bits per heavy atom. The maximum absolute atomic E-state index is 13.0. The van der Waals surface area contributed by atoms with Gasteiger partial charge in [-0.1, -0.05) is 25.1 Å². The Morgan fingerprint density at radius 1 is 1.43 bits per heavy atom. The Balaban J connectivity index is 1.33. The van der Waals surface area contributed by atoms with Gasteiger partial charge < -0.3 is 4.98 Å². The number of fused-ring (bicyclic) bond motifs is 4. The normalized spacial score (nSPS) is 16.4. The lowest BCUT2D eigenvalue weighted by Crippen LogP contribution is -2.30. The van der Waals surface area contributed by atoms with Gasteiger partial charge in [0.1, 0.15) is 11.4 Å². The third-order valence-electron chi connectivity index (χ3n) is 5.61. The number of benzene rings is 1. The van der Waals surface area contributed by atoms with E-state index in [1.807, 2.05) is 30.5 Å². The van der Waals surface area contributed by atoms with Crippen molar-refractivity contribution >= 4 is 44.6 Å². The molecule has 0 bridgehead atoms. The van der Waals surface area contributed by atoms with Crippen molar-refractivity contribution in [2.75, 3.05) is 0 Å². The fraction of sp³-hybridized carbons (Fsp3) is 0.273. The summed E-state index contributed by atoms with van der Waals surface area (Å²) < 4.78 is 1.36. The molecule has 1 amide bonds. The van der Waals surface area contributed by atoms with Gasteiger partial charge in [-0.2, -0.15) is 5.10 Å². The standard InChI is InChI=1S/C22H21N5O2S/c1-13-6-7-16-18(8-13)30-21-20(16)22(29)27(12-24-21)11-19(28)26-25-10-14-9-23-17-5-3-2-4-15(14)17/h2-5,9-10,12-13,23H,6-8,11H2,1H3,(H,26,28)/b25-10+. The van der Waals surface area contributed by atoms with E-state index in [-0.39, 0.29) is 18.0 Å². The van der Waals surface area contributed by atoms with Crippen molar-refractivity contribution in [2.45, 2.75) is 32.7 Å². The maximum atomic E-state index is 13.0. The van der Waals surface area contributed by atoms with E-state index in [4.69, 9.17) is 0 Å². The molecule has 0 fully saturated rings. The average Bonchev–Trinajstić information content (AvgIpc) is 3.31. The minimum absolute atomic E-state index is 0.117. The smallest absolute Gasteiger partial charge is 0.262 e. The number of carbonyl (C=O) groups is 1. The number of nitrogens with zero attached hydrogens (tertiary/aromatic N) is 3. The van der Waals surface area contributed by atoms with Crippen LogP contribution in [0.1, 0.15) is 29.3 Å². The molecule has 3 aromatic heterocycles. The molecule has 1 aliphatic carbocycles. The van der Waals surface area contributed by atoms with Gasteiger partial charge in [-0.25, -0.2) is 10.4 Å². The van der Waals surface area contributed by atoms with E-state index in [0.717, 1.165) is 46.1 Å². The van der Waals surface area contributed by atoms with E-state index in [2.05, 4.69) is 27.4 Å². The monoisotopic (exact) mass is 419 g/mol. The highest BCUT2D eigenvalue weighted by Gasteiger charge is 2.23. The van der Waals surface area contributed by atoms with Crippen molar-refractivity contribution in [2.24, 2.45) is 11.0 Å². The van der Waals surface area contributed by atoms with Crippen LogP contribution in [0, 0.1) is 5.92 Å². The Labute approximate surface area is 176 Å². The molecular formula is C22H21N5O2S. The van der Waals surface area contributed by atoms with Crippen LogP contribution >= 0.6 is 11.3 Å². The second-order valence-electron chi connectivity index (χ2n) is 7.79. The number of aromatic nitrogens is 3. The molecule has 4 aromatic rings. The van der Waals surface area contributed by atoms with Gasteiger partial charge in [0.05, 0.1) is 17.9 Å². The molecule has 7 nitrogen and oxygen atoms in total. The van der Waals surface area contributed by atoms with Crippen molar-refractivity contribution in [3.05, 3.63) is 63.1 Å². The fourth-order valence-corrected chi connectivity index (χ4v) is 5.38. The first-order valence-electron chi connectivity index (χ1n) is 9.98. The summed E-state index contributed by atoms with van der Waals surface area (Å²) in [6, 6.07) is 7.86. The molecule has 30 heavy (non-hydrogen) atoms. The number of nitrogens with one attached hydrogen (secondary N) is 2. The lowest BCUT2D eigenvalue weighted by molar-refractivity contribution is -0.121. The summed E-state index contributed by atoms with van der Waals surface area (Å²) in [5.41, 5.74) is 5.36. The fourth-order valence-electron chi connectivity index (χ4n) is 4.04. The van der Waals surface area contributed by atoms with Crippen LogP contribution in [0.5, 0.6) is 0 Å². The summed E-state index contributed by atoms with van der Waals surface area (Å²) >= 11 is 1.61. The van der Waals surface area contributed by atoms with E-state index in [9.17, 15) is 9.59 Å². The zero-order chi connectivity index (χ0) is 20.7. The molecule has 152 valence electrons. The quantitative estimate of drug-likeness (QED) is 0.393. The van der Waals surface area contributed by atoms with Crippen LogP contribution in [0.3, 0.4) is 0 Å². The summed E-state index contributed by atoms with van der Waals surface area (Å²) in [6.45, 7) is 2.12. The molecule has 0 spiro atoms. The Kier molecular flexibility index (Phi) is 4.71. The first-order chi connectivity index (χ1) is 14.6. The van der Waals surface area contributed by atoms with Crippen molar-refractivity contribution in [3.63, 3.8) is 0 Å². The predicted molar refractivity (Wildman–Crippen MR) is 119 cm³/mol. The highest BCUT2D eigenvalue weighted by atomic mass is 32.1. The SMILES string of the molecule is CC1CCc2c(sc3ncn(CC(=O)N/N=C/c4c[nH]c5ccccc45)c(=O)c23)C1. The second kappa shape index (κ2) is 7.53. The van der Waals surface area contributed by atoms with Gasteiger partial charge in [0.25, 0.3) is 11.5 Å². The molecule has 0 saturated carbocycles. The summed E-state index contributed by atoms with van der Waals surface area (Å²) in [4.78, 5) is 35.0. The van der Waals surface area contributed by atoms with Gasteiger partial charge in [-0.05, 0) is 36.8 Å². The van der Waals surface area contributed by atoms with Gasteiger partial charge in [0, 0.05) is 27.5 Å². The molecule has 0 saturated heterocycles. The highest BCUT2D eigenvalue weighted by Crippen LogP contribution is 2.35. The average molecular weight is 420 g/mol. The minimum atomic E-state index is -0.368. The van der Waals surface area contributed by atoms with Crippen LogP contribution in [0.2, 0.25) is 0 Å². The number of thiophene rings is 1. The van der Waals surface area contributed by atoms with Gasteiger partial charge in [-0.15, -0.1) is 11.3 Å². The van der Waals surface area contributed by atoms with E-state index < -0.39 is 0 Å². The molecule has 5 rings (SSSR count). The molecule has 3 heterocycles. The molecule has 0 radical (unpaired) electrons. The summed E-state index contributed by atoms with van der Waals surface area (Å²) in [7, 11) is 0. The van der Waals surface area contributed by atoms with Crippen molar-refractivity contribution in [3.8, 4) is 0 Å². The van der Waals surface area contributed by atoms with E-state index >= 15 is 0 Å². The summed E-state index contributed by atoms with van der Waals surface area (Å²) in [6.07, 6.45) is 7.87. The predicted octanol–water partition coefficient (Wildman–Crippen LogP) is 3.21. The molecule has 0 aliphatic heterocycles. The van der Waals surface area contributed by atoms with Crippen LogP contribution in [0.4, 0.5) is 0 Å². The lowest BCUT2D eigenvalue weighted by Gasteiger charge is -2.17. The van der Waals surface area contributed by atoms with Crippen LogP contribution in [0.25, 0.3) is 21.1 Å². The van der Waals surface area contributed by atoms with E-state index in [0.29, 0.717) is 11.3 Å². The zero-order valence-corrected chi connectivity index (χ0v) is 17.3. The minimum Gasteiger partial charge on any atom is -0.361 e. The van der Waals surface area contributed by atoms with Crippen molar-refractivity contribution in [1.29, 1.82) is 0 Å². The largest absolute Gasteiger partial charge is 0.361 e. The van der Waals surface area contributed by atoms with E-state index in [1.165, 1.54) is 15.8 Å². The Hall–Kier alpha value is -3.26.